The molecule has 106 valence electrons. The molecule has 2 saturated heterocycles. The van der Waals surface area contributed by atoms with Gasteiger partial charge in [0.05, 0.1) is 19.8 Å². The van der Waals surface area contributed by atoms with Gasteiger partial charge in [0.25, 0.3) is 0 Å². The molecule has 2 heterocycles. The number of carbonyl (C=O) groups is 2. The predicted molar refractivity (Wildman–Crippen MR) is 71.6 cm³/mol. The zero-order chi connectivity index (χ0) is 13.8. The van der Waals surface area contributed by atoms with Gasteiger partial charge in [-0.25, -0.2) is 0 Å². The van der Waals surface area contributed by atoms with Gasteiger partial charge in [0, 0.05) is 13.1 Å². The Bertz CT molecular complexity index is 381. The van der Waals surface area contributed by atoms with Crippen LogP contribution in [0.5, 0.6) is 0 Å². The lowest BCUT2D eigenvalue weighted by atomic mass is 9.98. The van der Waals surface area contributed by atoms with Crippen molar-refractivity contribution in [2.75, 3.05) is 32.8 Å². The smallest absolute Gasteiger partial charge is 0.245 e. The number of hydrogen-bond donors (Lipinski definition) is 0. The highest BCUT2D eigenvalue weighted by Gasteiger charge is 2.39. The number of nitrogens with zero attached hydrogens (tertiary/aromatic N) is 2. The number of ether oxygens (including phenoxy) is 1. The van der Waals surface area contributed by atoms with Gasteiger partial charge in [-0.15, -0.1) is 0 Å². The third kappa shape index (κ3) is 3.35. The van der Waals surface area contributed by atoms with E-state index in [0.29, 0.717) is 19.8 Å². The van der Waals surface area contributed by atoms with Gasteiger partial charge in [0.15, 0.2) is 0 Å². The van der Waals surface area contributed by atoms with E-state index in [0.717, 1.165) is 31.4 Å². The number of piperidine rings is 1. The van der Waals surface area contributed by atoms with Crippen molar-refractivity contribution in [3.8, 4) is 0 Å². The van der Waals surface area contributed by atoms with Crippen molar-refractivity contribution in [3.05, 3.63) is 12.2 Å². The largest absolute Gasteiger partial charge is 0.375 e. The lowest BCUT2D eigenvalue weighted by molar-refractivity contribution is -0.158. The Kier molecular flexibility index (Phi) is 4.58. The average molecular weight is 266 g/mol. The SMILES string of the molecule is C=C(C)COCCN1CC(=O)N2CCCCC2C1=O. The van der Waals surface area contributed by atoms with Crippen molar-refractivity contribution in [2.24, 2.45) is 0 Å². The van der Waals surface area contributed by atoms with Crippen LogP contribution in [0.25, 0.3) is 0 Å². The summed E-state index contributed by atoms with van der Waals surface area (Å²) < 4.78 is 5.40. The van der Waals surface area contributed by atoms with E-state index in [1.165, 1.54) is 0 Å². The van der Waals surface area contributed by atoms with Crippen LogP contribution in [-0.4, -0.2) is 60.5 Å². The van der Waals surface area contributed by atoms with Crippen LogP contribution in [-0.2, 0) is 14.3 Å². The number of amides is 2. The van der Waals surface area contributed by atoms with E-state index in [9.17, 15) is 9.59 Å². The molecule has 5 heteroatoms. The van der Waals surface area contributed by atoms with E-state index in [4.69, 9.17) is 4.74 Å². The molecular weight excluding hydrogens is 244 g/mol. The maximum absolute atomic E-state index is 12.3. The second-order valence-electron chi connectivity index (χ2n) is 5.37. The van der Waals surface area contributed by atoms with Crippen LogP contribution in [0.1, 0.15) is 26.2 Å². The first-order valence-electron chi connectivity index (χ1n) is 6.90. The summed E-state index contributed by atoms with van der Waals surface area (Å²) in [6.07, 6.45) is 2.84. The Labute approximate surface area is 114 Å². The van der Waals surface area contributed by atoms with Crippen molar-refractivity contribution in [2.45, 2.75) is 32.2 Å². The predicted octanol–water partition coefficient (Wildman–Crippen LogP) is 0.802. The fourth-order valence-corrected chi connectivity index (χ4v) is 2.64. The van der Waals surface area contributed by atoms with E-state index in [1.54, 1.807) is 9.80 Å². The summed E-state index contributed by atoms with van der Waals surface area (Å²) in [6, 6.07) is -0.226. The van der Waals surface area contributed by atoms with Gasteiger partial charge in [-0.05, 0) is 26.2 Å². The van der Waals surface area contributed by atoms with E-state index >= 15 is 0 Å². The monoisotopic (exact) mass is 266 g/mol. The van der Waals surface area contributed by atoms with Gasteiger partial charge in [-0.2, -0.15) is 0 Å². The van der Waals surface area contributed by atoms with Crippen LogP contribution in [0.2, 0.25) is 0 Å². The van der Waals surface area contributed by atoms with Crippen LogP contribution in [0.4, 0.5) is 0 Å². The average Bonchev–Trinajstić information content (AvgIpc) is 2.40. The quantitative estimate of drug-likeness (QED) is 0.546. The number of fused-ring (bicyclic) bond motifs is 1. The van der Waals surface area contributed by atoms with Crippen LogP contribution < -0.4 is 0 Å². The topological polar surface area (TPSA) is 49.9 Å². The van der Waals surface area contributed by atoms with Gasteiger partial charge in [-0.3, -0.25) is 9.59 Å². The zero-order valence-electron chi connectivity index (χ0n) is 11.6. The molecule has 0 aromatic rings. The fraction of sp³-hybridized carbons (Fsp3) is 0.714. The van der Waals surface area contributed by atoms with Crippen LogP contribution in [0, 0.1) is 0 Å². The summed E-state index contributed by atoms with van der Waals surface area (Å²) in [5.41, 5.74) is 0.958. The summed E-state index contributed by atoms with van der Waals surface area (Å²) >= 11 is 0. The van der Waals surface area contributed by atoms with Gasteiger partial charge >= 0.3 is 0 Å². The summed E-state index contributed by atoms with van der Waals surface area (Å²) in [4.78, 5) is 27.7. The van der Waals surface area contributed by atoms with Gasteiger partial charge in [-0.1, -0.05) is 12.2 Å². The summed E-state index contributed by atoms with van der Waals surface area (Å²) in [6.45, 7) is 8.03. The minimum Gasteiger partial charge on any atom is -0.375 e. The summed E-state index contributed by atoms with van der Waals surface area (Å²) in [5, 5.41) is 0. The first kappa shape index (κ1) is 14.1. The molecule has 0 aliphatic carbocycles. The van der Waals surface area contributed by atoms with E-state index < -0.39 is 0 Å². The summed E-state index contributed by atoms with van der Waals surface area (Å²) in [7, 11) is 0. The number of carbonyl (C=O) groups excluding carboxylic acids is 2. The molecule has 2 aliphatic rings. The number of hydrogen-bond acceptors (Lipinski definition) is 3. The third-order valence-corrected chi connectivity index (χ3v) is 3.60. The second-order valence-corrected chi connectivity index (χ2v) is 5.37. The van der Waals surface area contributed by atoms with Crippen molar-refractivity contribution in [3.63, 3.8) is 0 Å². The normalized spacial score (nSPS) is 23.5. The molecule has 2 rings (SSSR count). The molecule has 0 N–H and O–H groups in total. The van der Waals surface area contributed by atoms with E-state index in [-0.39, 0.29) is 24.4 Å². The van der Waals surface area contributed by atoms with Crippen molar-refractivity contribution < 1.29 is 14.3 Å². The first-order chi connectivity index (χ1) is 9.09. The van der Waals surface area contributed by atoms with E-state index in [1.807, 2.05) is 6.92 Å². The van der Waals surface area contributed by atoms with Gasteiger partial charge < -0.3 is 14.5 Å². The molecule has 0 aromatic carbocycles. The molecule has 2 amide bonds. The molecule has 19 heavy (non-hydrogen) atoms. The molecule has 0 bridgehead atoms. The molecule has 2 aliphatic heterocycles. The second kappa shape index (κ2) is 6.19. The lowest BCUT2D eigenvalue weighted by Gasteiger charge is -2.42. The maximum atomic E-state index is 12.3. The number of rotatable bonds is 5. The standard InChI is InChI=1S/C14H22N2O3/c1-11(2)10-19-8-7-15-9-13(17)16-6-4-3-5-12(16)14(15)18/h12H,1,3-10H2,2H3. The molecule has 1 atom stereocenters. The van der Waals surface area contributed by atoms with Crippen LogP contribution >= 0.6 is 0 Å². The third-order valence-electron chi connectivity index (χ3n) is 3.60. The zero-order valence-corrected chi connectivity index (χ0v) is 11.6. The Morgan fingerprint density at radius 3 is 2.95 bits per heavy atom. The molecule has 0 aromatic heterocycles. The molecular formula is C14H22N2O3. The van der Waals surface area contributed by atoms with Gasteiger partial charge in [0.1, 0.15) is 6.04 Å². The Hall–Kier alpha value is -1.36. The molecule has 1 unspecified atom stereocenters. The lowest BCUT2D eigenvalue weighted by Crippen LogP contribution is -2.61. The highest BCUT2D eigenvalue weighted by Crippen LogP contribution is 2.22. The Balaban J connectivity index is 1.86. The molecule has 2 fully saturated rings. The highest BCUT2D eigenvalue weighted by molar-refractivity contribution is 5.95. The number of piperazine rings is 1. The fourth-order valence-electron chi connectivity index (χ4n) is 2.64. The Morgan fingerprint density at radius 2 is 2.21 bits per heavy atom. The minimum atomic E-state index is -0.226. The maximum Gasteiger partial charge on any atom is 0.245 e. The Morgan fingerprint density at radius 1 is 1.42 bits per heavy atom. The van der Waals surface area contributed by atoms with Gasteiger partial charge in [0.2, 0.25) is 11.8 Å². The highest BCUT2D eigenvalue weighted by atomic mass is 16.5. The molecule has 0 spiro atoms. The van der Waals surface area contributed by atoms with Crippen LogP contribution in [0.15, 0.2) is 12.2 Å². The van der Waals surface area contributed by atoms with Crippen LogP contribution in [0.3, 0.4) is 0 Å². The van der Waals surface area contributed by atoms with E-state index in [2.05, 4.69) is 6.58 Å². The molecule has 5 nitrogen and oxygen atoms in total. The summed E-state index contributed by atoms with van der Waals surface area (Å²) in [5.74, 6) is 0.155. The van der Waals surface area contributed by atoms with Crippen molar-refractivity contribution in [1.82, 2.24) is 9.80 Å². The molecule has 0 saturated carbocycles. The molecule has 0 radical (unpaired) electrons. The minimum absolute atomic E-state index is 0.0733. The van der Waals surface area contributed by atoms with Crippen molar-refractivity contribution in [1.29, 1.82) is 0 Å². The first-order valence-corrected chi connectivity index (χ1v) is 6.90. The van der Waals surface area contributed by atoms with Crippen molar-refractivity contribution >= 4 is 11.8 Å².